The molecular formula is C24H20N2O4. The lowest BCUT2D eigenvalue weighted by Gasteiger charge is -2.10. The highest BCUT2D eigenvalue weighted by atomic mass is 16.7. The van der Waals surface area contributed by atoms with Gasteiger partial charge < -0.3 is 24.1 Å². The molecule has 0 bridgehead atoms. The number of fused-ring (bicyclic) bond motifs is 2. The summed E-state index contributed by atoms with van der Waals surface area (Å²) in [5, 5.41) is 3.89. The second-order valence-corrected chi connectivity index (χ2v) is 7.02. The molecule has 150 valence electrons. The third kappa shape index (κ3) is 3.67. The van der Waals surface area contributed by atoms with Crippen molar-refractivity contribution in [2.45, 2.75) is 13.2 Å². The highest BCUT2D eigenvalue weighted by Crippen LogP contribution is 2.34. The van der Waals surface area contributed by atoms with Crippen molar-refractivity contribution in [1.82, 2.24) is 4.57 Å². The van der Waals surface area contributed by atoms with Gasteiger partial charge in [-0.15, -0.1) is 0 Å². The van der Waals surface area contributed by atoms with Gasteiger partial charge in [-0.25, -0.2) is 0 Å². The molecule has 1 N–H and O–H groups in total. The molecule has 30 heavy (non-hydrogen) atoms. The molecule has 0 aliphatic carbocycles. The minimum absolute atomic E-state index is 0.123. The van der Waals surface area contributed by atoms with E-state index in [0.717, 1.165) is 22.2 Å². The van der Waals surface area contributed by atoms with Gasteiger partial charge in [0.2, 0.25) is 12.7 Å². The van der Waals surface area contributed by atoms with Crippen molar-refractivity contribution in [2.75, 3.05) is 12.1 Å². The number of rotatable bonds is 6. The fourth-order valence-corrected chi connectivity index (χ4v) is 3.52. The molecule has 1 aromatic heterocycles. The summed E-state index contributed by atoms with van der Waals surface area (Å²) in [6.45, 7) is 0.895. The highest BCUT2D eigenvalue weighted by Gasteiger charge is 2.15. The maximum absolute atomic E-state index is 12.6. The molecule has 1 amide bonds. The number of anilines is 1. The van der Waals surface area contributed by atoms with Crippen LogP contribution in [0.15, 0.2) is 79.0 Å². The zero-order valence-corrected chi connectivity index (χ0v) is 16.2. The molecule has 0 saturated carbocycles. The van der Waals surface area contributed by atoms with Crippen LogP contribution in [-0.4, -0.2) is 17.3 Å². The maximum Gasteiger partial charge on any atom is 0.244 e. The zero-order valence-electron chi connectivity index (χ0n) is 16.2. The molecule has 0 radical (unpaired) electrons. The van der Waals surface area contributed by atoms with E-state index in [1.807, 2.05) is 65.4 Å². The third-order valence-electron chi connectivity index (χ3n) is 4.98. The molecule has 6 heteroatoms. The van der Waals surface area contributed by atoms with E-state index in [4.69, 9.17) is 14.2 Å². The molecule has 4 aromatic rings. The fraction of sp³-hybridized carbons (Fsp3) is 0.125. The summed E-state index contributed by atoms with van der Waals surface area (Å²) in [6.07, 6.45) is 1.90. The molecule has 1 aliphatic heterocycles. The summed E-state index contributed by atoms with van der Waals surface area (Å²) in [4.78, 5) is 12.6. The molecule has 5 rings (SSSR count). The Morgan fingerprint density at radius 3 is 2.73 bits per heavy atom. The second kappa shape index (κ2) is 7.83. The molecule has 0 unspecified atom stereocenters. The Balaban J connectivity index is 1.29. The van der Waals surface area contributed by atoms with Crippen LogP contribution in [0.3, 0.4) is 0 Å². The van der Waals surface area contributed by atoms with E-state index in [1.54, 1.807) is 18.2 Å². The van der Waals surface area contributed by atoms with Gasteiger partial charge in [0, 0.05) is 23.3 Å². The number of hydrogen-bond donors (Lipinski definition) is 1. The summed E-state index contributed by atoms with van der Waals surface area (Å²) >= 11 is 0. The smallest absolute Gasteiger partial charge is 0.244 e. The standard InChI is InChI=1S/C24H20N2O4/c27-24(25-18-9-10-22-23(13-18)30-16-29-22)14-26-12-11-19-20(26)7-4-8-21(19)28-15-17-5-2-1-3-6-17/h1-13H,14-16H2,(H,25,27). The van der Waals surface area contributed by atoms with E-state index in [9.17, 15) is 4.79 Å². The second-order valence-electron chi connectivity index (χ2n) is 7.02. The summed E-state index contributed by atoms with van der Waals surface area (Å²) in [6, 6.07) is 23.2. The van der Waals surface area contributed by atoms with E-state index < -0.39 is 0 Å². The molecule has 0 atom stereocenters. The Labute approximate surface area is 173 Å². The van der Waals surface area contributed by atoms with Crippen molar-refractivity contribution in [3.8, 4) is 17.2 Å². The molecule has 1 aliphatic rings. The van der Waals surface area contributed by atoms with Crippen molar-refractivity contribution in [1.29, 1.82) is 0 Å². The van der Waals surface area contributed by atoms with Gasteiger partial charge in [-0.3, -0.25) is 4.79 Å². The van der Waals surface area contributed by atoms with Gasteiger partial charge in [0.25, 0.3) is 0 Å². The average Bonchev–Trinajstić information content (AvgIpc) is 3.40. The Hall–Kier alpha value is -3.93. The highest BCUT2D eigenvalue weighted by molar-refractivity contribution is 5.93. The lowest BCUT2D eigenvalue weighted by Crippen LogP contribution is -2.18. The lowest BCUT2D eigenvalue weighted by atomic mass is 10.2. The molecule has 6 nitrogen and oxygen atoms in total. The summed E-state index contributed by atoms with van der Waals surface area (Å²) in [5.41, 5.74) is 2.73. The van der Waals surface area contributed by atoms with Crippen LogP contribution < -0.4 is 19.5 Å². The van der Waals surface area contributed by atoms with Crippen molar-refractivity contribution in [3.05, 3.63) is 84.6 Å². The van der Waals surface area contributed by atoms with E-state index in [1.165, 1.54) is 0 Å². The number of carbonyl (C=O) groups excluding carboxylic acids is 1. The Morgan fingerprint density at radius 1 is 0.967 bits per heavy atom. The number of nitrogens with zero attached hydrogens (tertiary/aromatic N) is 1. The van der Waals surface area contributed by atoms with Crippen LogP contribution >= 0.6 is 0 Å². The number of carbonyl (C=O) groups is 1. The van der Waals surface area contributed by atoms with Gasteiger partial charge in [0.15, 0.2) is 11.5 Å². The predicted octanol–water partition coefficient (Wildman–Crippen LogP) is 4.59. The maximum atomic E-state index is 12.6. The number of hydrogen-bond acceptors (Lipinski definition) is 4. The number of nitrogens with one attached hydrogen (secondary N) is 1. The van der Waals surface area contributed by atoms with Crippen molar-refractivity contribution in [2.24, 2.45) is 0 Å². The van der Waals surface area contributed by atoms with E-state index in [0.29, 0.717) is 23.8 Å². The minimum atomic E-state index is -0.123. The number of ether oxygens (including phenoxy) is 3. The fourth-order valence-electron chi connectivity index (χ4n) is 3.52. The van der Waals surface area contributed by atoms with Crippen LogP contribution in [0.25, 0.3) is 10.9 Å². The summed E-state index contributed by atoms with van der Waals surface area (Å²) < 4.78 is 18.6. The van der Waals surface area contributed by atoms with Crippen LogP contribution in [-0.2, 0) is 17.9 Å². The van der Waals surface area contributed by atoms with Crippen LogP contribution in [0, 0.1) is 0 Å². The van der Waals surface area contributed by atoms with Crippen molar-refractivity contribution >= 4 is 22.5 Å². The third-order valence-corrected chi connectivity index (χ3v) is 4.98. The van der Waals surface area contributed by atoms with Crippen LogP contribution in [0.4, 0.5) is 5.69 Å². The average molecular weight is 400 g/mol. The topological polar surface area (TPSA) is 61.7 Å². The number of amides is 1. The minimum Gasteiger partial charge on any atom is -0.488 e. The monoisotopic (exact) mass is 400 g/mol. The first-order valence-corrected chi connectivity index (χ1v) is 9.70. The molecular weight excluding hydrogens is 380 g/mol. The quantitative estimate of drug-likeness (QED) is 0.514. The lowest BCUT2D eigenvalue weighted by molar-refractivity contribution is -0.116. The Bertz CT molecular complexity index is 1200. The first-order valence-electron chi connectivity index (χ1n) is 9.70. The van der Waals surface area contributed by atoms with Crippen LogP contribution in [0.5, 0.6) is 17.2 Å². The van der Waals surface area contributed by atoms with E-state index >= 15 is 0 Å². The number of benzene rings is 3. The largest absolute Gasteiger partial charge is 0.488 e. The Kier molecular flexibility index (Phi) is 4.73. The summed E-state index contributed by atoms with van der Waals surface area (Å²) in [5.74, 6) is 2.00. The summed E-state index contributed by atoms with van der Waals surface area (Å²) in [7, 11) is 0. The number of aromatic nitrogens is 1. The van der Waals surface area contributed by atoms with Crippen molar-refractivity contribution in [3.63, 3.8) is 0 Å². The normalized spacial score (nSPS) is 12.1. The van der Waals surface area contributed by atoms with Crippen LogP contribution in [0.1, 0.15) is 5.56 Å². The van der Waals surface area contributed by atoms with Gasteiger partial charge in [-0.1, -0.05) is 36.4 Å². The van der Waals surface area contributed by atoms with Crippen molar-refractivity contribution < 1.29 is 19.0 Å². The van der Waals surface area contributed by atoms with E-state index in [-0.39, 0.29) is 19.2 Å². The molecule has 3 aromatic carbocycles. The first-order chi connectivity index (χ1) is 14.8. The predicted molar refractivity (Wildman–Crippen MR) is 114 cm³/mol. The first kappa shape index (κ1) is 18.1. The Morgan fingerprint density at radius 2 is 1.83 bits per heavy atom. The molecule has 0 saturated heterocycles. The van der Waals surface area contributed by atoms with Gasteiger partial charge >= 0.3 is 0 Å². The SMILES string of the molecule is O=C(Cn1ccc2c(OCc3ccccc3)cccc21)Nc1ccc2c(c1)OCO2. The molecule has 2 heterocycles. The molecule has 0 spiro atoms. The van der Waals surface area contributed by atoms with E-state index in [2.05, 4.69) is 5.32 Å². The van der Waals surface area contributed by atoms with Gasteiger partial charge in [0.1, 0.15) is 18.9 Å². The van der Waals surface area contributed by atoms with Gasteiger partial charge in [-0.05, 0) is 35.9 Å². The van der Waals surface area contributed by atoms with Gasteiger partial charge in [-0.2, -0.15) is 0 Å². The molecule has 0 fully saturated rings. The zero-order chi connectivity index (χ0) is 20.3. The van der Waals surface area contributed by atoms with Crippen LogP contribution in [0.2, 0.25) is 0 Å². The van der Waals surface area contributed by atoms with Gasteiger partial charge in [0.05, 0.1) is 5.52 Å².